The summed E-state index contributed by atoms with van der Waals surface area (Å²) in [5.41, 5.74) is 0. The Morgan fingerprint density at radius 2 is 2.15 bits per heavy atom. The molecule has 0 aliphatic carbocycles. The van der Waals surface area contributed by atoms with Gasteiger partial charge >= 0.3 is 0 Å². The van der Waals surface area contributed by atoms with E-state index in [2.05, 4.69) is 18.7 Å². The lowest BCUT2D eigenvalue weighted by Crippen LogP contribution is -2.42. The molecule has 0 aromatic carbocycles. The van der Waals surface area contributed by atoms with Gasteiger partial charge in [-0.2, -0.15) is 0 Å². The summed E-state index contributed by atoms with van der Waals surface area (Å²) in [6.07, 6.45) is 5.85. The molecule has 76 valence electrons. The molecule has 2 heteroatoms. The Labute approximate surface area is 81.3 Å². The first-order chi connectivity index (χ1) is 6.31. The topological polar surface area (TPSA) is 20.3 Å². The predicted octanol–water partition coefficient (Wildman–Crippen LogP) is 2.09. The molecule has 0 radical (unpaired) electrons. The third-order valence-electron chi connectivity index (χ3n) is 3.14. The van der Waals surface area contributed by atoms with Crippen molar-refractivity contribution in [2.24, 2.45) is 5.92 Å². The maximum atomic E-state index is 10.7. The lowest BCUT2D eigenvalue weighted by molar-refractivity contribution is -0.112. The highest BCUT2D eigenvalue weighted by Crippen LogP contribution is 2.19. The van der Waals surface area contributed by atoms with Crippen LogP contribution < -0.4 is 0 Å². The molecule has 2 nitrogen and oxygen atoms in total. The summed E-state index contributed by atoms with van der Waals surface area (Å²) in [5.74, 6) is 0.300. The third kappa shape index (κ3) is 2.80. The van der Waals surface area contributed by atoms with E-state index in [1.54, 1.807) is 0 Å². The second-order valence-corrected chi connectivity index (χ2v) is 4.00. The first-order valence-electron chi connectivity index (χ1n) is 5.51. The van der Waals surface area contributed by atoms with E-state index in [1.807, 2.05) is 0 Å². The van der Waals surface area contributed by atoms with Gasteiger partial charge in [0.15, 0.2) is 0 Å². The maximum absolute atomic E-state index is 10.7. The van der Waals surface area contributed by atoms with Crippen LogP contribution in [0.5, 0.6) is 0 Å². The van der Waals surface area contributed by atoms with E-state index in [-0.39, 0.29) is 0 Å². The third-order valence-corrected chi connectivity index (χ3v) is 3.14. The van der Waals surface area contributed by atoms with E-state index in [0.29, 0.717) is 12.0 Å². The summed E-state index contributed by atoms with van der Waals surface area (Å²) in [5, 5.41) is 0. The van der Waals surface area contributed by atoms with Crippen molar-refractivity contribution in [1.82, 2.24) is 4.90 Å². The minimum absolute atomic E-state index is 0.300. The molecule has 0 spiro atoms. The van der Waals surface area contributed by atoms with Crippen LogP contribution in [-0.2, 0) is 4.79 Å². The fourth-order valence-corrected chi connectivity index (χ4v) is 2.29. The molecule has 1 fully saturated rings. The van der Waals surface area contributed by atoms with Gasteiger partial charge < -0.3 is 4.79 Å². The first-order valence-corrected chi connectivity index (χ1v) is 5.51. The predicted molar refractivity (Wildman–Crippen MR) is 54.7 cm³/mol. The van der Waals surface area contributed by atoms with Gasteiger partial charge in [0, 0.05) is 18.5 Å². The van der Waals surface area contributed by atoms with Gasteiger partial charge in [0.25, 0.3) is 0 Å². The summed E-state index contributed by atoms with van der Waals surface area (Å²) in [4.78, 5) is 13.2. The van der Waals surface area contributed by atoms with Gasteiger partial charge in [0.05, 0.1) is 0 Å². The normalized spacial score (nSPS) is 25.0. The van der Waals surface area contributed by atoms with E-state index in [0.717, 1.165) is 19.3 Å². The number of piperidine rings is 1. The molecular formula is C11H21NO. The molecule has 0 amide bonds. The van der Waals surface area contributed by atoms with Crippen molar-refractivity contribution >= 4 is 6.29 Å². The van der Waals surface area contributed by atoms with Gasteiger partial charge in [-0.25, -0.2) is 0 Å². The molecular weight excluding hydrogens is 162 g/mol. The van der Waals surface area contributed by atoms with E-state index in [1.165, 1.54) is 25.8 Å². The van der Waals surface area contributed by atoms with Gasteiger partial charge in [0.1, 0.15) is 6.29 Å². The largest absolute Gasteiger partial charge is 0.303 e. The summed E-state index contributed by atoms with van der Waals surface area (Å²) >= 11 is 0. The first kappa shape index (κ1) is 10.7. The molecule has 1 rings (SSSR count). The van der Waals surface area contributed by atoms with Gasteiger partial charge in [-0.15, -0.1) is 0 Å². The zero-order valence-electron chi connectivity index (χ0n) is 8.83. The smallest absolute Gasteiger partial charge is 0.124 e. The number of hydrogen-bond acceptors (Lipinski definition) is 2. The van der Waals surface area contributed by atoms with Crippen molar-refractivity contribution in [2.75, 3.05) is 13.1 Å². The van der Waals surface area contributed by atoms with Crippen LogP contribution in [0.4, 0.5) is 0 Å². The number of likely N-dealkylation sites (tertiary alicyclic amines) is 1. The molecule has 0 saturated carbocycles. The Kier molecular flexibility index (Phi) is 4.43. The molecule has 1 aliphatic heterocycles. The Hall–Kier alpha value is -0.370. The number of carbonyl (C=O) groups excluding carboxylic acids is 1. The number of rotatable bonds is 4. The number of nitrogens with zero attached hydrogens (tertiary/aromatic N) is 1. The van der Waals surface area contributed by atoms with Crippen LogP contribution >= 0.6 is 0 Å². The zero-order chi connectivity index (χ0) is 9.68. The Bertz CT molecular complexity index is 154. The molecule has 0 aromatic heterocycles. The highest BCUT2D eigenvalue weighted by atomic mass is 16.1. The van der Waals surface area contributed by atoms with E-state index in [9.17, 15) is 4.79 Å². The van der Waals surface area contributed by atoms with Crippen LogP contribution in [0.25, 0.3) is 0 Å². The average Bonchev–Trinajstić information content (AvgIpc) is 2.20. The van der Waals surface area contributed by atoms with Gasteiger partial charge in [-0.05, 0) is 32.2 Å². The summed E-state index contributed by atoms with van der Waals surface area (Å²) in [6.45, 7) is 6.66. The molecule has 1 unspecified atom stereocenters. The molecule has 13 heavy (non-hydrogen) atoms. The van der Waals surface area contributed by atoms with Crippen LogP contribution in [0.15, 0.2) is 0 Å². The molecule has 1 atom stereocenters. The van der Waals surface area contributed by atoms with Crippen molar-refractivity contribution < 1.29 is 4.79 Å². The summed E-state index contributed by atoms with van der Waals surface area (Å²) in [7, 11) is 0. The lowest BCUT2D eigenvalue weighted by atomic mass is 9.97. The van der Waals surface area contributed by atoms with E-state index >= 15 is 0 Å². The fourth-order valence-electron chi connectivity index (χ4n) is 2.29. The van der Waals surface area contributed by atoms with Crippen LogP contribution in [0.1, 0.15) is 39.5 Å². The van der Waals surface area contributed by atoms with Gasteiger partial charge in [-0.1, -0.05) is 13.8 Å². The minimum Gasteiger partial charge on any atom is -0.303 e. The summed E-state index contributed by atoms with van der Waals surface area (Å²) < 4.78 is 0. The minimum atomic E-state index is 0.300. The van der Waals surface area contributed by atoms with Crippen LogP contribution in [0.3, 0.4) is 0 Å². The van der Waals surface area contributed by atoms with Crippen molar-refractivity contribution in [1.29, 1.82) is 0 Å². The van der Waals surface area contributed by atoms with Crippen molar-refractivity contribution in [2.45, 2.75) is 45.6 Å². The standard InChI is InChI=1S/C11H21NO/c1-3-11(4-2)12-7-5-6-10(8-12)9-13/h9-11H,3-8H2,1-2H3. The van der Waals surface area contributed by atoms with Crippen molar-refractivity contribution in [3.05, 3.63) is 0 Å². The zero-order valence-corrected chi connectivity index (χ0v) is 8.83. The molecule has 0 bridgehead atoms. The van der Waals surface area contributed by atoms with E-state index < -0.39 is 0 Å². The highest BCUT2D eigenvalue weighted by molar-refractivity contribution is 5.53. The lowest BCUT2D eigenvalue weighted by Gasteiger charge is -2.35. The van der Waals surface area contributed by atoms with Crippen molar-refractivity contribution in [3.63, 3.8) is 0 Å². The second kappa shape index (κ2) is 5.38. The fraction of sp³-hybridized carbons (Fsp3) is 0.909. The van der Waals surface area contributed by atoms with Crippen LogP contribution in [0.2, 0.25) is 0 Å². The Balaban J connectivity index is 2.44. The Morgan fingerprint density at radius 1 is 1.46 bits per heavy atom. The highest BCUT2D eigenvalue weighted by Gasteiger charge is 2.23. The van der Waals surface area contributed by atoms with Gasteiger partial charge in [0.2, 0.25) is 0 Å². The van der Waals surface area contributed by atoms with Gasteiger partial charge in [-0.3, -0.25) is 4.90 Å². The Morgan fingerprint density at radius 3 is 2.69 bits per heavy atom. The molecule has 1 saturated heterocycles. The SMILES string of the molecule is CCC(CC)N1CCCC(C=O)C1. The van der Waals surface area contributed by atoms with Crippen molar-refractivity contribution in [3.8, 4) is 0 Å². The molecule has 0 N–H and O–H groups in total. The second-order valence-electron chi connectivity index (χ2n) is 4.00. The van der Waals surface area contributed by atoms with Crippen LogP contribution in [0, 0.1) is 5.92 Å². The quantitative estimate of drug-likeness (QED) is 0.622. The molecule has 1 heterocycles. The number of carbonyl (C=O) groups is 1. The number of aldehydes is 1. The van der Waals surface area contributed by atoms with Crippen LogP contribution in [-0.4, -0.2) is 30.3 Å². The molecule has 1 aliphatic rings. The molecule has 0 aromatic rings. The summed E-state index contributed by atoms with van der Waals surface area (Å²) in [6, 6.07) is 0.697. The van der Waals surface area contributed by atoms with E-state index in [4.69, 9.17) is 0 Å². The number of hydrogen-bond donors (Lipinski definition) is 0. The maximum Gasteiger partial charge on any atom is 0.124 e. The monoisotopic (exact) mass is 183 g/mol. The average molecular weight is 183 g/mol.